The Hall–Kier alpha value is -3.09. The predicted molar refractivity (Wildman–Crippen MR) is 92.6 cm³/mol. The van der Waals surface area contributed by atoms with Crippen molar-refractivity contribution in [3.05, 3.63) is 75.8 Å². The number of benzene rings is 2. The van der Waals surface area contributed by atoms with Crippen molar-refractivity contribution in [2.75, 3.05) is 5.43 Å². The number of amides is 1. The van der Waals surface area contributed by atoms with Crippen molar-refractivity contribution in [2.24, 2.45) is 0 Å². The Morgan fingerprint density at radius 1 is 1.08 bits per heavy atom. The van der Waals surface area contributed by atoms with Crippen LogP contribution in [0.1, 0.15) is 41.4 Å². The van der Waals surface area contributed by atoms with Crippen LogP contribution in [-0.2, 0) is 0 Å². The Morgan fingerprint density at radius 3 is 2.42 bits per heavy atom. The molecular weight excluding hydrogens is 340 g/mol. The van der Waals surface area contributed by atoms with Gasteiger partial charge in [0.1, 0.15) is 23.0 Å². The fraction of sp³-hybridized carbons (Fsp3) is 0.211. The molecule has 1 aromatic heterocycles. The molecule has 1 fully saturated rings. The fourth-order valence-corrected chi connectivity index (χ4v) is 3.07. The lowest BCUT2D eigenvalue weighted by Gasteiger charge is -2.27. The third kappa shape index (κ3) is 2.65. The SMILES string of the molecule is O=C(Nn1c(C2CCC2)nc2ccccc2c1=O)c1c(F)cccc1F. The number of para-hydroxylation sites is 1. The van der Waals surface area contributed by atoms with E-state index in [9.17, 15) is 18.4 Å². The van der Waals surface area contributed by atoms with Gasteiger partial charge in [0.2, 0.25) is 0 Å². The molecule has 26 heavy (non-hydrogen) atoms. The molecule has 5 nitrogen and oxygen atoms in total. The van der Waals surface area contributed by atoms with Crippen LogP contribution in [0, 0.1) is 11.6 Å². The van der Waals surface area contributed by atoms with Gasteiger partial charge in [-0.2, -0.15) is 0 Å². The number of hydrogen-bond acceptors (Lipinski definition) is 3. The molecule has 1 aliphatic carbocycles. The number of carbonyl (C=O) groups excluding carboxylic acids is 1. The van der Waals surface area contributed by atoms with Gasteiger partial charge in [-0.3, -0.25) is 15.0 Å². The molecule has 0 saturated heterocycles. The van der Waals surface area contributed by atoms with Crippen molar-refractivity contribution in [1.82, 2.24) is 9.66 Å². The minimum atomic E-state index is -1.03. The van der Waals surface area contributed by atoms with E-state index in [2.05, 4.69) is 10.4 Å². The van der Waals surface area contributed by atoms with Gasteiger partial charge in [-0.25, -0.2) is 18.4 Å². The zero-order valence-corrected chi connectivity index (χ0v) is 13.7. The number of nitrogens with one attached hydrogen (secondary N) is 1. The Morgan fingerprint density at radius 2 is 1.77 bits per heavy atom. The molecule has 1 N–H and O–H groups in total. The second-order valence-corrected chi connectivity index (χ2v) is 6.29. The Kier molecular flexibility index (Phi) is 3.99. The zero-order valence-electron chi connectivity index (χ0n) is 13.7. The molecule has 0 aliphatic heterocycles. The first-order valence-corrected chi connectivity index (χ1v) is 8.33. The van der Waals surface area contributed by atoms with E-state index >= 15 is 0 Å². The second kappa shape index (κ2) is 6.33. The van der Waals surface area contributed by atoms with Crippen LogP contribution >= 0.6 is 0 Å². The van der Waals surface area contributed by atoms with E-state index in [1.54, 1.807) is 24.3 Å². The minimum absolute atomic E-state index is 0.0260. The highest BCUT2D eigenvalue weighted by atomic mass is 19.1. The molecule has 1 saturated carbocycles. The summed E-state index contributed by atoms with van der Waals surface area (Å²) in [5.74, 6) is -2.58. The van der Waals surface area contributed by atoms with Crippen molar-refractivity contribution in [3.63, 3.8) is 0 Å². The molecule has 0 bridgehead atoms. The molecule has 0 unspecified atom stereocenters. The summed E-state index contributed by atoms with van der Waals surface area (Å²) in [4.78, 5) is 29.8. The summed E-state index contributed by atoms with van der Waals surface area (Å²) in [5, 5.41) is 0.324. The molecule has 3 aromatic rings. The zero-order chi connectivity index (χ0) is 18.3. The molecular formula is C19H15F2N3O2. The lowest BCUT2D eigenvalue weighted by atomic mass is 9.84. The van der Waals surface area contributed by atoms with Crippen LogP contribution in [0.3, 0.4) is 0 Å². The molecule has 0 atom stereocenters. The van der Waals surface area contributed by atoms with Gasteiger partial charge < -0.3 is 0 Å². The maximum Gasteiger partial charge on any atom is 0.280 e. The van der Waals surface area contributed by atoms with E-state index in [1.807, 2.05) is 0 Å². The number of hydrogen-bond donors (Lipinski definition) is 1. The molecule has 1 aliphatic rings. The quantitative estimate of drug-likeness (QED) is 0.784. The van der Waals surface area contributed by atoms with Gasteiger partial charge in [0, 0.05) is 5.92 Å². The molecule has 7 heteroatoms. The molecule has 132 valence electrons. The van der Waals surface area contributed by atoms with Gasteiger partial charge in [-0.05, 0) is 37.1 Å². The van der Waals surface area contributed by atoms with Crippen LogP contribution in [-0.4, -0.2) is 15.6 Å². The normalized spacial score (nSPS) is 14.2. The van der Waals surface area contributed by atoms with E-state index in [4.69, 9.17) is 0 Å². The first kappa shape index (κ1) is 16.4. The Bertz CT molecular complexity index is 1050. The maximum atomic E-state index is 13.9. The predicted octanol–water partition coefficient (Wildman–Crippen LogP) is 3.33. The third-order valence-electron chi connectivity index (χ3n) is 4.68. The van der Waals surface area contributed by atoms with Crippen LogP contribution in [0.15, 0.2) is 47.3 Å². The van der Waals surface area contributed by atoms with Gasteiger partial charge in [-0.15, -0.1) is 0 Å². The summed E-state index contributed by atoms with van der Waals surface area (Å²) in [6.45, 7) is 0. The van der Waals surface area contributed by atoms with Crippen LogP contribution in [0.4, 0.5) is 8.78 Å². The van der Waals surface area contributed by atoms with E-state index in [0.29, 0.717) is 16.7 Å². The topological polar surface area (TPSA) is 64.0 Å². The van der Waals surface area contributed by atoms with Gasteiger partial charge in [0.05, 0.1) is 10.9 Å². The number of fused-ring (bicyclic) bond motifs is 1. The molecule has 0 spiro atoms. The maximum absolute atomic E-state index is 13.9. The third-order valence-corrected chi connectivity index (χ3v) is 4.68. The highest BCUT2D eigenvalue weighted by molar-refractivity contribution is 6.00. The lowest BCUT2D eigenvalue weighted by molar-refractivity contribution is 0.0997. The Labute approximate surface area is 147 Å². The average molecular weight is 355 g/mol. The molecule has 1 amide bonds. The van der Waals surface area contributed by atoms with E-state index in [0.717, 1.165) is 36.1 Å². The van der Waals surface area contributed by atoms with Gasteiger partial charge in [-0.1, -0.05) is 24.6 Å². The first-order valence-electron chi connectivity index (χ1n) is 8.33. The molecule has 0 radical (unpaired) electrons. The summed E-state index contributed by atoms with van der Waals surface area (Å²) in [5.41, 5.74) is 1.67. The second-order valence-electron chi connectivity index (χ2n) is 6.29. The molecule has 4 rings (SSSR count). The van der Waals surface area contributed by atoms with E-state index in [-0.39, 0.29) is 5.92 Å². The number of carbonyl (C=O) groups is 1. The highest BCUT2D eigenvalue weighted by Gasteiger charge is 2.27. The number of nitrogens with zero attached hydrogens (tertiary/aromatic N) is 2. The van der Waals surface area contributed by atoms with Gasteiger partial charge in [0.25, 0.3) is 11.5 Å². The van der Waals surface area contributed by atoms with Crippen molar-refractivity contribution in [3.8, 4) is 0 Å². The minimum Gasteiger partial charge on any atom is -0.267 e. The average Bonchev–Trinajstić information content (AvgIpc) is 2.56. The number of rotatable bonds is 3. The standard InChI is InChI=1S/C19H15F2N3O2/c20-13-8-4-9-14(21)16(13)18(25)23-24-17(11-5-3-6-11)22-15-10-2-1-7-12(15)19(24)26/h1-2,4,7-11H,3,5-6H2,(H,23,25). The lowest BCUT2D eigenvalue weighted by Crippen LogP contribution is -2.38. The van der Waals surface area contributed by atoms with Crippen LogP contribution in [0.25, 0.3) is 10.9 Å². The van der Waals surface area contributed by atoms with Gasteiger partial charge in [0.15, 0.2) is 0 Å². The number of halogens is 2. The van der Waals surface area contributed by atoms with Crippen molar-refractivity contribution < 1.29 is 13.6 Å². The monoisotopic (exact) mass is 355 g/mol. The Balaban J connectivity index is 1.84. The molecule has 1 heterocycles. The largest absolute Gasteiger partial charge is 0.280 e. The van der Waals surface area contributed by atoms with E-state index in [1.165, 1.54) is 6.07 Å². The smallest absolute Gasteiger partial charge is 0.267 e. The summed E-state index contributed by atoms with van der Waals surface area (Å²) in [6.07, 6.45) is 2.69. The summed E-state index contributed by atoms with van der Waals surface area (Å²) in [6, 6.07) is 9.95. The van der Waals surface area contributed by atoms with Crippen LogP contribution in [0.2, 0.25) is 0 Å². The fourth-order valence-electron chi connectivity index (χ4n) is 3.07. The summed E-state index contributed by atoms with van der Waals surface area (Å²) >= 11 is 0. The molecule has 2 aromatic carbocycles. The number of aromatic nitrogens is 2. The van der Waals surface area contributed by atoms with Crippen LogP contribution in [0.5, 0.6) is 0 Å². The van der Waals surface area contributed by atoms with Crippen LogP contribution < -0.4 is 11.0 Å². The highest BCUT2D eigenvalue weighted by Crippen LogP contribution is 2.35. The summed E-state index contributed by atoms with van der Waals surface area (Å²) in [7, 11) is 0. The van der Waals surface area contributed by atoms with Gasteiger partial charge >= 0.3 is 0 Å². The van der Waals surface area contributed by atoms with Crippen molar-refractivity contribution in [2.45, 2.75) is 25.2 Å². The van der Waals surface area contributed by atoms with Crippen molar-refractivity contribution in [1.29, 1.82) is 0 Å². The van der Waals surface area contributed by atoms with E-state index < -0.39 is 28.7 Å². The first-order chi connectivity index (χ1) is 12.6. The van der Waals surface area contributed by atoms with Crippen molar-refractivity contribution >= 4 is 16.8 Å². The summed E-state index contributed by atoms with van der Waals surface area (Å²) < 4.78 is 28.8.